The Labute approximate surface area is 160 Å². The minimum Gasteiger partial charge on any atom is -0.493 e. The number of nitrogens with one attached hydrogen (secondary N) is 1. The SMILES string of the molecule is CCNc1ccc(Br)cc(C(=O)/C=C\c2cccc(OC)c2OC)c1=O. The van der Waals surface area contributed by atoms with E-state index in [9.17, 15) is 9.59 Å². The van der Waals surface area contributed by atoms with Crippen molar-refractivity contribution >= 4 is 33.5 Å². The van der Waals surface area contributed by atoms with Crippen molar-refractivity contribution in [3.8, 4) is 11.5 Å². The largest absolute Gasteiger partial charge is 0.493 e. The van der Waals surface area contributed by atoms with Crippen LogP contribution in [-0.4, -0.2) is 26.5 Å². The van der Waals surface area contributed by atoms with Crippen LogP contribution in [0.5, 0.6) is 11.5 Å². The van der Waals surface area contributed by atoms with Gasteiger partial charge in [-0.1, -0.05) is 28.1 Å². The molecule has 0 fully saturated rings. The molecule has 0 radical (unpaired) electrons. The zero-order valence-electron chi connectivity index (χ0n) is 14.8. The molecule has 6 heteroatoms. The Morgan fingerprint density at radius 3 is 2.62 bits per heavy atom. The van der Waals surface area contributed by atoms with E-state index in [0.717, 1.165) is 0 Å². The van der Waals surface area contributed by atoms with E-state index in [4.69, 9.17) is 9.47 Å². The fraction of sp³-hybridized carbons (Fsp3) is 0.200. The van der Waals surface area contributed by atoms with Crippen molar-refractivity contribution in [2.24, 2.45) is 0 Å². The van der Waals surface area contributed by atoms with Gasteiger partial charge < -0.3 is 14.8 Å². The molecule has 0 atom stereocenters. The lowest BCUT2D eigenvalue weighted by Crippen LogP contribution is -2.15. The van der Waals surface area contributed by atoms with Gasteiger partial charge in [-0.05, 0) is 43.3 Å². The highest BCUT2D eigenvalue weighted by Gasteiger charge is 2.12. The number of anilines is 1. The van der Waals surface area contributed by atoms with Crippen molar-refractivity contribution in [1.82, 2.24) is 0 Å². The molecular weight excluding hydrogens is 398 g/mol. The molecule has 136 valence electrons. The van der Waals surface area contributed by atoms with Gasteiger partial charge >= 0.3 is 0 Å². The highest BCUT2D eigenvalue weighted by molar-refractivity contribution is 9.10. The van der Waals surface area contributed by atoms with Gasteiger partial charge in [0.2, 0.25) is 5.43 Å². The van der Waals surface area contributed by atoms with E-state index in [2.05, 4.69) is 21.2 Å². The molecule has 5 nitrogen and oxygen atoms in total. The summed E-state index contributed by atoms with van der Waals surface area (Å²) >= 11 is 3.34. The summed E-state index contributed by atoms with van der Waals surface area (Å²) in [7, 11) is 3.08. The van der Waals surface area contributed by atoms with Gasteiger partial charge in [-0.15, -0.1) is 0 Å². The second kappa shape index (κ2) is 9.20. The molecule has 0 aromatic heterocycles. The molecule has 2 rings (SSSR count). The molecule has 0 bridgehead atoms. The minimum absolute atomic E-state index is 0.0796. The quantitative estimate of drug-likeness (QED) is 0.541. The molecule has 0 spiro atoms. The molecule has 0 aliphatic carbocycles. The zero-order valence-corrected chi connectivity index (χ0v) is 16.4. The number of carbonyl (C=O) groups is 1. The first kappa shape index (κ1) is 19.7. The van der Waals surface area contributed by atoms with Crippen molar-refractivity contribution in [1.29, 1.82) is 0 Å². The van der Waals surface area contributed by atoms with Crippen LogP contribution in [-0.2, 0) is 0 Å². The van der Waals surface area contributed by atoms with E-state index in [1.165, 1.54) is 19.3 Å². The molecule has 0 saturated carbocycles. The van der Waals surface area contributed by atoms with E-state index >= 15 is 0 Å². The molecule has 26 heavy (non-hydrogen) atoms. The van der Waals surface area contributed by atoms with Crippen molar-refractivity contribution < 1.29 is 14.3 Å². The summed E-state index contributed by atoms with van der Waals surface area (Å²) in [4.78, 5) is 25.2. The number of ketones is 1. The highest BCUT2D eigenvalue weighted by atomic mass is 79.9. The van der Waals surface area contributed by atoms with Gasteiger partial charge in [0, 0.05) is 16.6 Å². The second-order valence-electron chi connectivity index (χ2n) is 5.33. The monoisotopic (exact) mass is 417 g/mol. The number of hydrogen-bond acceptors (Lipinski definition) is 5. The summed E-state index contributed by atoms with van der Waals surface area (Å²) in [5.41, 5.74) is 0.800. The fourth-order valence-corrected chi connectivity index (χ4v) is 2.81. The highest BCUT2D eigenvalue weighted by Crippen LogP contribution is 2.31. The molecule has 0 heterocycles. The predicted octanol–water partition coefficient (Wildman–Crippen LogP) is 4.15. The second-order valence-corrected chi connectivity index (χ2v) is 6.25. The first-order valence-electron chi connectivity index (χ1n) is 8.03. The van der Waals surface area contributed by atoms with Gasteiger partial charge in [0.1, 0.15) is 0 Å². The Morgan fingerprint density at radius 2 is 1.96 bits per heavy atom. The molecule has 0 aliphatic rings. The van der Waals surface area contributed by atoms with E-state index in [0.29, 0.717) is 33.8 Å². The summed E-state index contributed by atoms with van der Waals surface area (Å²) < 4.78 is 11.2. The fourth-order valence-electron chi connectivity index (χ4n) is 2.45. The number of halogens is 1. The number of hydrogen-bond donors (Lipinski definition) is 1. The van der Waals surface area contributed by atoms with E-state index in [1.54, 1.807) is 43.5 Å². The van der Waals surface area contributed by atoms with Crippen molar-refractivity contribution in [3.63, 3.8) is 0 Å². The number of rotatable bonds is 7. The molecule has 2 aromatic carbocycles. The Balaban J connectivity index is 2.44. The summed E-state index contributed by atoms with van der Waals surface area (Å²) in [6, 6.07) is 10.3. The van der Waals surface area contributed by atoms with Crippen LogP contribution in [0.1, 0.15) is 22.8 Å². The number of methoxy groups -OCH3 is 2. The maximum absolute atomic E-state index is 12.6. The molecule has 1 N–H and O–H groups in total. The van der Waals surface area contributed by atoms with Crippen LogP contribution < -0.4 is 20.2 Å². The number of ether oxygens (including phenoxy) is 2. The Morgan fingerprint density at radius 1 is 1.19 bits per heavy atom. The molecule has 0 saturated heterocycles. The normalized spacial score (nSPS) is 10.6. The van der Waals surface area contributed by atoms with Crippen LogP contribution in [0.15, 0.2) is 51.7 Å². The van der Waals surface area contributed by atoms with Crippen LogP contribution >= 0.6 is 15.9 Å². The van der Waals surface area contributed by atoms with Crippen LogP contribution in [0.4, 0.5) is 5.69 Å². The van der Waals surface area contributed by atoms with E-state index in [1.807, 2.05) is 6.92 Å². The topological polar surface area (TPSA) is 64.6 Å². The van der Waals surface area contributed by atoms with Gasteiger partial charge in [0.15, 0.2) is 17.3 Å². The van der Waals surface area contributed by atoms with Crippen LogP contribution in [0.25, 0.3) is 6.08 Å². The Bertz CT molecular complexity index is 893. The summed E-state index contributed by atoms with van der Waals surface area (Å²) in [5.74, 6) is 0.695. The lowest BCUT2D eigenvalue weighted by atomic mass is 10.1. The van der Waals surface area contributed by atoms with Crippen LogP contribution in [0.3, 0.4) is 0 Å². The zero-order chi connectivity index (χ0) is 19.1. The van der Waals surface area contributed by atoms with Gasteiger partial charge in [-0.2, -0.15) is 0 Å². The summed E-state index contributed by atoms with van der Waals surface area (Å²) in [5, 5.41) is 2.98. The molecule has 0 aliphatic heterocycles. The average Bonchev–Trinajstić information content (AvgIpc) is 2.79. The summed E-state index contributed by atoms with van der Waals surface area (Å²) in [6.07, 6.45) is 2.97. The third kappa shape index (κ3) is 4.52. The number of benzene rings is 1. The third-order valence-corrected chi connectivity index (χ3v) is 4.15. The maximum Gasteiger partial charge on any atom is 0.212 e. The molecule has 0 unspecified atom stereocenters. The number of para-hydroxylation sites is 1. The minimum atomic E-state index is -0.393. The van der Waals surface area contributed by atoms with Crippen molar-refractivity contribution in [3.05, 3.63) is 68.3 Å². The molecule has 2 aromatic rings. The van der Waals surface area contributed by atoms with Crippen molar-refractivity contribution in [2.45, 2.75) is 6.92 Å². The Hall–Kier alpha value is -2.60. The van der Waals surface area contributed by atoms with Crippen LogP contribution in [0.2, 0.25) is 0 Å². The van der Waals surface area contributed by atoms with E-state index < -0.39 is 5.78 Å². The maximum atomic E-state index is 12.6. The molecular formula is C20H20BrNO4. The standard InChI is InChI=1S/C20H20BrNO4/c1-4-22-16-10-9-14(21)12-15(19(16)24)17(23)11-8-13-6-5-7-18(25-2)20(13)26-3/h5-12H,4H2,1-3H3,(H,22,24)/b11-8-. The Kier molecular flexibility index (Phi) is 6.97. The lowest BCUT2D eigenvalue weighted by molar-refractivity contribution is 0.104. The van der Waals surface area contributed by atoms with E-state index in [-0.39, 0.29) is 11.0 Å². The van der Waals surface area contributed by atoms with Crippen molar-refractivity contribution in [2.75, 3.05) is 26.1 Å². The number of allylic oxidation sites excluding steroid dienone is 1. The molecule has 0 amide bonds. The first-order chi connectivity index (χ1) is 12.5. The lowest BCUT2D eigenvalue weighted by Gasteiger charge is -2.09. The van der Waals surface area contributed by atoms with Gasteiger partial charge in [0.25, 0.3) is 0 Å². The van der Waals surface area contributed by atoms with Gasteiger partial charge in [-0.25, -0.2) is 0 Å². The summed E-state index contributed by atoms with van der Waals surface area (Å²) in [6.45, 7) is 2.47. The average molecular weight is 418 g/mol. The predicted molar refractivity (Wildman–Crippen MR) is 107 cm³/mol. The smallest absolute Gasteiger partial charge is 0.212 e. The first-order valence-corrected chi connectivity index (χ1v) is 8.82. The number of carbonyl (C=O) groups excluding carboxylic acids is 1. The van der Waals surface area contributed by atoms with Gasteiger partial charge in [0.05, 0.1) is 25.5 Å². The van der Waals surface area contributed by atoms with Crippen LogP contribution in [0, 0.1) is 0 Å². The third-order valence-electron chi connectivity index (χ3n) is 3.66. The van der Waals surface area contributed by atoms with Gasteiger partial charge in [-0.3, -0.25) is 9.59 Å².